The Labute approximate surface area is 165 Å². The third-order valence-electron chi connectivity index (χ3n) is 4.92. The summed E-state index contributed by atoms with van der Waals surface area (Å²) >= 11 is 6.01. The molecule has 1 aliphatic heterocycles. The van der Waals surface area contributed by atoms with E-state index in [1.165, 1.54) is 20.3 Å². The van der Waals surface area contributed by atoms with E-state index >= 15 is 0 Å². The quantitative estimate of drug-likeness (QED) is 0.720. The van der Waals surface area contributed by atoms with Crippen molar-refractivity contribution >= 4 is 21.6 Å². The Kier molecular flexibility index (Phi) is 6.29. The normalized spacial score (nSPS) is 18.7. The van der Waals surface area contributed by atoms with E-state index in [0.717, 1.165) is 31.2 Å². The second-order valence-electron chi connectivity index (χ2n) is 6.55. The van der Waals surface area contributed by atoms with Gasteiger partial charge >= 0.3 is 0 Å². The SMILES string of the molecule is COc1ccc(S(=O)(=O)N2CCCCC[C@H]2c2ccc(Cl)cc2)cc1OC. The first-order chi connectivity index (χ1) is 13.0. The molecule has 1 saturated heterocycles. The molecule has 27 heavy (non-hydrogen) atoms. The monoisotopic (exact) mass is 409 g/mol. The summed E-state index contributed by atoms with van der Waals surface area (Å²) in [5.74, 6) is 0.901. The molecule has 7 heteroatoms. The molecule has 0 aliphatic carbocycles. The Morgan fingerprint density at radius 1 is 0.963 bits per heavy atom. The van der Waals surface area contributed by atoms with Gasteiger partial charge in [-0.05, 0) is 42.7 Å². The predicted octanol–water partition coefficient (Wildman–Crippen LogP) is 4.66. The summed E-state index contributed by atoms with van der Waals surface area (Å²) in [5, 5.41) is 0.640. The van der Waals surface area contributed by atoms with E-state index in [4.69, 9.17) is 21.1 Å². The first kappa shape index (κ1) is 20.0. The van der Waals surface area contributed by atoms with Crippen LogP contribution in [0.15, 0.2) is 47.4 Å². The van der Waals surface area contributed by atoms with Crippen LogP contribution in [0.5, 0.6) is 11.5 Å². The molecule has 1 atom stereocenters. The lowest BCUT2D eigenvalue weighted by Gasteiger charge is -2.29. The molecule has 1 heterocycles. The Bertz CT molecular complexity index is 883. The van der Waals surface area contributed by atoms with Gasteiger partial charge in [0.05, 0.1) is 25.2 Å². The zero-order valence-electron chi connectivity index (χ0n) is 15.5. The van der Waals surface area contributed by atoms with E-state index < -0.39 is 10.0 Å². The van der Waals surface area contributed by atoms with Crippen molar-refractivity contribution in [2.45, 2.75) is 36.6 Å². The summed E-state index contributed by atoms with van der Waals surface area (Å²) in [6.07, 6.45) is 3.64. The van der Waals surface area contributed by atoms with Crippen LogP contribution in [-0.4, -0.2) is 33.5 Å². The highest BCUT2D eigenvalue weighted by molar-refractivity contribution is 7.89. The fourth-order valence-corrected chi connectivity index (χ4v) is 5.32. The van der Waals surface area contributed by atoms with E-state index in [1.54, 1.807) is 16.4 Å². The van der Waals surface area contributed by atoms with E-state index in [0.29, 0.717) is 23.1 Å². The van der Waals surface area contributed by atoms with Gasteiger partial charge < -0.3 is 9.47 Å². The number of benzene rings is 2. The minimum atomic E-state index is -3.69. The Morgan fingerprint density at radius 3 is 2.33 bits per heavy atom. The van der Waals surface area contributed by atoms with Gasteiger partial charge in [-0.25, -0.2) is 8.42 Å². The van der Waals surface area contributed by atoms with E-state index in [9.17, 15) is 8.42 Å². The number of nitrogens with zero attached hydrogens (tertiary/aromatic N) is 1. The molecular weight excluding hydrogens is 386 g/mol. The maximum absolute atomic E-state index is 13.5. The molecule has 0 amide bonds. The number of hydrogen-bond donors (Lipinski definition) is 0. The average molecular weight is 410 g/mol. The molecule has 2 aromatic carbocycles. The van der Waals surface area contributed by atoms with Crippen LogP contribution in [0.2, 0.25) is 5.02 Å². The lowest BCUT2D eigenvalue weighted by Crippen LogP contribution is -2.34. The van der Waals surface area contributed by atoms with Gasteiger partial charge in [0.15, 0.2) is 11.5 Å². The van der Waals surface area contributed by atoms with Gasteiger partial charge in [-0.2, -0.15) is 4.31 Å². The molecule has 0 N–H and O–H groups in total. The van der Waals surface area contributed by atoms with Gasteiger partial charge in [-0.3, -0.25) is 0 Å². The number of halogens is 1. The van der Waals surface area contributed by atoms with Gasteiger partial charge in [-0.1, -0.05) is 36.6 Å². The zero-order chi connectivity index (χ0) is 19.4. The van der Waals surface area contributed by atoms with Crippen LogP contribution < -0.4 is 9.47 Å². The van der Waals surface area contributed by atoms with Crippen LogP contribution in [0.3, 0.4) is 0 Å². The summed E-state index contributed by atoms with van der Waals surface area (Å²) in [4.78, 5) is 0.209. The molecule has 0 bridgehead atoms. The van der Waals surface area contributed by atoms with Gasteiger partial charge in [0, 0.05) is 17.6 Å². The van der Waals surface area contributed by atoms with Crippen LogP contribution in [0.1, 0.15) is 37.3 Å². The molecule has 1 aliphatic rings. The fourth-order valence-electron chi connectivity index (χ4n) is 3.50. The third-order valence-corrected chi connectivity index (χ3v) is 7.08. The molecule has 0 saturated carbocycles. The highest BCUT2D eigenvalue weighted by atomic mass is 35.5. The first-order valence-corrected chi connectivity index (χ1v) is 10.8. The number of methoxy groups -OCH3 is 2. The smallest absolute Gasteiger partial charge is 0.243 e. The van der Waals surface area contributed by atoms with Gasteiger partial charge in [0.1, 0.15) is 0 Å². The van der Waals surface area contributed by atoms with Crippen molar-refractivity contribution in [1.29, 1.82) is 0 Å². The fraction of sp³-hybridized carbons (Fsp3) is 0.400. The standard InChI is InChI=1S/C20H24ClNO4S/c1-25-19-12-11-17(14-20(19)26-2)27(23,24)22-13-5-3-4-6-18(22)15-7-9-16(21)10-8-15/h7-12,14,18H,3-6,13H2,1-2H3/t18-/m0/s1. The molecule has 0 aromatic heterocycles. The number of sulfonamides is 1. The Balaban J connectivity index is 2.02. The summed E-state index contributed by atoms with van der Waals surface area (Å²) in [7, 11) is -0.664. The second kappa shape index (κ2) is 8.50. The molecule has 5 nitrogen and oxygen atoms in total. The largest absolute Gasteiger partial charge is 0.493 e. The maximum atomic E-state index is 13.5. The van der Waals surface area contributed by atoms with Gasteiger partial charge in [0.2, 0.25) is 10.0 Å². The minimum absolute atomic E-state index is 0.206. The maximum Gasteiger partial charge on any atom is 0.243 e. The van der Waals surface area contributed by atoms with Crippen LogP contribution in [0, 0.1) is 0 Å². The van der Waals surface area contributed by atoms with Crippen LogP contribution in [0.4, 0.5) is 0 Å². The Morgan fingerprint density at radius 2 is 1.67 bits per heavy atom. The zero-order valence-corrected chi connectivity index (χ0v) is 17.1. The third kappa shape index (κ3) is 4.23. The van der Waals surface area contributed by atoms with Crippen molar-refractivity contribution in [1.82, 2.24) is 4.31 Å². The van der Waals surface area contributed by atoms with Gasteiger partial charge in [-0.15, -0.1) is 0 Å². The average Bonchev–Trinajstić information content (AvgIpc) is 2.94. The van der Waals surface area contributed by atoms with Crippen molar-refractivity contribution in [2.75, 3.05) is 20.8 Å². The molecule has 0 radical (unpaired) electrons. The lowest BCUT2D eigenvalue weighted by molar-refractivity contribution is 0.328. The Hall–Kier alpha value is -1.76. The minimum Gasteiger partial charge on any atom is -0.493 e. The van der Waals surface area contributed by atoms with Crippen LogP contribution in [0.25, 0.3) is 0 Å². The van der Waals surface area contributed by atoms with Gasteiger partial charge in [0.25, 0.3) is 0 Å². The molecule has 3 rings (SSSR count). The second-order valence-corrected chi connectivity index (χ2v) is 8.88. The van der Waals surface area contributed by atoms with E-state index in [-0.39, 0.29) is 10.9 Å². The summed E-state index contributed by atoms with van der Waals surface area (Å²) in [6, 6.07) is 12.0. The first-order valence-electron chi connectivity index (χ1n) is 8.96. The molecule has 0 unspecified atom stereocenters. The summed E-state index contributed by atoms with van der Waals surface area (Å²) < 4.78 is 39.1. The van der Waals surface area contributed by atoms with Crippen molar-refractivity contribution in [2.24, 2.45) is 0 Å². The summed E-state index contributed by atoms with van der Waals surface area (Å²) in [6.45, 7) is 0.490. The number of rotatable bonds is 5. The molecule has 1 fully saturated rings. The van der Waals surface area contributed by atoms with Crippen molar-refractivity contribution < 1.29 is 17.9 Å². The lowest BCUT2D eigenvalue weighted by atomic mass is 10.0. The van der Waals surface area contributed by atoms with Crippen molar-refractivity contribution in [3.05, 3.63) is 53.1 Å². The number of ether oxygens (including phenoxy) is 2. The predicted molar refractivity (Wildman–Crippen MR) is 106 cm³/mol. The number of hydrogen-bond acceptors (Lipinski definition) is 4. The van der Waals surface area contributed by atoms with E-state index in [1.807, 2.05) is 24.3 Å². The molecule has 146 valence electrons. The topological polar surface area (TPSA) is 55.8 Å². The molecule has 0 spiro atoms. The van der Waals surface area contributed by atoms with E-state index in [2.05, 4.69) is 0 Å². The van der Waals surface area contributed by atoms with Crippen molar-refractivity contribution in [3.63, 3.8) is 0 Å². The highest BCUT2D eigenvalue weighted by Gasteiger charge is 2.34. The molecule has 2 aromatic rings. The van der Waals surface area contributed by atoms with Crippen molar-refractivity contribution in [3.8, 4) is 11.5 Å². The highest BCUT2D eigenvalue weighted by Crippen LogP contribution is 2.37. The van der Waals surface area contributed by atoms with Crippen LogP contribution in [-0.2, 0) is 10.0 Å². The molecular formula is C20H24ClNO4S. The van der Waals surface area contributed by atoms with Crippen LogP contribution >= 0.6 is 11.6 Å². The summed E-state index contributed by atoms with van der Waals surface area (Å²) in [5.41, 5.74) is 0.963.